The van der Waals surface area contributed by atoms with E-state index in [0.717, 1.165) is 0 Å². The van der Waals surface area contributed by atoms with Gasteiger partial charge in [-0.3, -0.25) is 0 Å². The molecular weight excluding hydrogens is 196 g/mol. The molecule has 0 bridgehead atoms. The number of phenols is 2. The lowest BCUT2D eigenvalue weighted by Gasteiger charge is -2.00. The summed E-state index contributed by atoms with van der Waals surface area (Å²) < 4.78 is 0.510. The molecule has 2 N–H and O–H groups in total. The Morgan fingerprint density at radius 2 is 1.80 bits per heavy atom. The number of aromatic hydroxyl groups is 2. The topological polar surface area (TPSA) is 40.5 Å². The van der Waals surface area contributed by atoms with Crippen molar-refractivity contribution in [1.29, 1.82) is 0 Å². The molecule has 0 amide bonds. The molecule has 0 aromatic heterocycles. The molecule has 10 heavy (non-hydrogen) atoms. The third-order valence-electron chi connectivity index (χ3n) is 1.27. The summed E-state index contributed by atoms with van der Waals surface area (Å²) in [7, 11) is 0. The van der Waals surface area contributed by atoms with E-state index in [0.29, 0.717) is 10.0 Å². The van der Waals surface area contributed by atoms with Gasteiger partial charge in [-0.2, -0.15) is 0 Å². The van der Waals surface area contributed by atoms with Gasteiger partial charge in [0.1, 0.15) is 11.5 Å². The van der Waals surface area contributed by atoms with Crippen molar-refractivity contribution in [2.24, 2.45) is 0 Å². The second-order valence-electron chi connectivity index (χ2n) is 2.09. The average molecular weight is 203 g/mol. The molecule has 0 spiro atoms. The number of phenolic OH excluding ortho intramolecular Hbond substituents is 2. The molecule has 0 aliphatic heterocycles. The normalized spacial score (nSPS) is 9.80. The molecule has 0 saturated heterocycles. The van der Waals surface area contributed by atoms with Crippen LogP contribution >= 0.6 is 15.9 Å². The van der Waals surface area contributed by atoms with Crippen LogP contribution in [0.3, 0.4) is 0 Å². The standard InChI is InChI=1S/C7H7BrO2/c1-4-2-7(10)5(8)3-6(4)9/h2-3,9-10H,1H3. The summed E-state index contributed by atoms with van der Waals surface area (Å²) in [6.45, 7) is 1.72. The number of benzene rings is 1. The van der Waals surface area contributed by atoms with Crippen molar-refractivity contribution in [1.82, 2.24) is 0 Å². The highest BCUT2D eigenvalue weighted by Gasteiger charge is 2.01. The van der Waals surface area contributed by atoms with Gasteiger partial charge in [0, 0.05) is 0 Å². The van der Waals surface area contributed by atoms with Crippen molar-refractivity contribution in [3.63, 3.8) is 0 Å². The maximum absolute atomic E-state index is 9.08. The summed E-state index contributed by atoms with van der Waals surface area (Å²) in [5.41, 5.74) is 0.667. The molecule has 2 nitrogen and oxygen atoms in total. The van der Waals surface area contributed by atoms with E-state index in [4.69, 9.17) is 10.2 Å². The van der Waals surface area contributed by atoms with Gasteiger partial charge in [0.2, 0.25) is 0 Å². The summed E-state index contributed by atoms with van der Waals surface area (Å²) in [6.07, 6.45) is 0. The molecular formula is C7H7BrO2. The first-order chi connectivity index (χ1) is 4.61. The van der Waals surface area contributed by atoms with Crippen molar-refractivity contribution in [2.75, 3.05) is 0 Å². The van der Waals surface area contributed by atoms with E-state index in [-0.39, 0.29) is 11.5 Å². The molecule has 0 radical (unpaired) electrons. The number of hydrogen-bond acceptors (Lipinski definition) is 2. The van der Waals surface area contributed by atoms with E-state index >= 15 is 0 Å². The Balaban J connectivity index is 3.28. The van der Waals surface area contributed by atoms with E-state index in [2.05, 4.69) is 15.9 Å². The molecule has 0 aliphatic carbocycles. The van der Waals surface area contributed by atoms with Crippen LogP contribution in [-0.2, 0) is 0 Å². The first-order valence-electron chi connectivity index (χ1n) is 2.79. The fourth-order valence-corrected chi connectivity index (χ4v) is 0.987. The summed E-state index contributed by atoms with van der Waals surface area (Å²) in [5.74, 6) is 0.333. The zero-order valence-electron chi connectivity index (χ0n) is 5.43. The maximum atomic E-state index is 9.08. The van der Waals surface area contributed by atoms with Gasteiger partial charge in [0.25, 0.3) is 0 Å². The van der Waals surface area contributed by atoms with Gasteiger partial charge in [-0.05, 0) is 40.5 Å². The number of halogens is 1. The molecule has 0 fully saturated rings. The molecule has 3 heteroatoms. The fourth-order valence-electron chi connectivity index (χ4n) is 0.656. The Morgan fingerprint density at radius 3 is 2.30 bits per heavy atom. The lowest BCUT2D eigenvalue weighted by atomic mass is 10.2. The highest BCUT2D eigenvalue weighted by Crippen LogP contribution is 2.30. The predicted octanol–water partition coefficient (Wildman–Crippen LogP) is 2.17. The van der Waals surface area contributed by atoms with Crippen LogP contribution in [0.4, 0.5) is 0 Å². The Morgan fingerprint density at radius 1 is 1.20 bits per heavy atom. The maximum Gasteiger partial charge on any atom is 0.130 e. The molecule has 1 rings (SSSR count). The fraction of sp³-hybridized carbons (Fsp3) is 0.143. The van der Waals surface area contributed by atoms with E-state index in [1.165, 1.54) is 12.1 Å². The SMILES string of the molecule is Cc1cc(O)c(Br)cc1O. The van der Waals surface area contributed by atoms with E-state index < -0.39 is 0 Å². The zero-order valence-corrected chi connectivity index (χ0v) is 7.01. The smallest absolute Gasteiger partial charge is 0.130 e. The van der Waals surface area contributed by atoms with Crippen LogP contribution in [0.25, 0.3) is 0 Å². The molecule has 0 heterocycles. The van der Waals surface area contributed by atoms with Gasteiger partial charge in [-0.25, -0.2) is 0 Å². The van der Waals surface area contributed by atoms with Gasteiger partial charge in [-0.1, -0.05) is 0 Å². The largest absolute Gasteiger partial charge is 0.508 e. The summed E-state index contributed by atoms with van der Waals surface area (Å²) in [4.78, 5) is 0. The van der Waals surface area contributed by atoms with Crippen molar-refractivity contribution in [3.05, 3.63) is 22.2 Å². The van der Waals surface area contributed by atoms with Gasteiger partial charge in [0.05, 0.1) is 4.47 Å². The minimum Gasteiger partial charge on any atom is -0.508 e. The van der Waals surface area contributed by atoms with Crippen molar-refractivity contribution in [2.45, 2.75) is 6.92 Å². The highest BCUT2D eigenvalue weighted by atomic mass is 79.9. The van der Waals surface area contributed by atoms with Crippen LogP contribution in [0.15, 0.2) is 16.6 Å². The lowest BCUT2D eigenvalue weighted by Crippen LogP contribution is -1.75. The van der Waals surface area contributed by atoms with Crippen LogP contribution in [0.1, 0.15) is 5.56 Å². The predicted molar refractivity (Wildman–Crippen MR) is 42.2 cm³/mol. The first kappa shape index (κ1) is 7.41. The average Bonchev–Trinajstić information content (AvgIpc) is 1.84. The Bertz CT molecular complexity index is 208. The minimum atomic E-state index is 0.148. The van der Waals surface area contributed by atoms with Crippen LogP contribution in [0.2, 0.25) is 0 Å². The van der Waals surface area contributed by atoms with Gasteiger partial charge < -0.3 is 10.2 Å². The second kappa shape index (κ2) is 2.50. The zero-order chi connectivity index (χ0) is 7.72. The van der Waals surface area contributed by atoms with Gasteiger partial charge in [0.15, 0.2) is 0 Å². The minimum absolute atomic E-state index is 0.148. The third kappa shape index (κ3) is 1.24. The van der Waals surface area contributed by atoms with E-state index in [1.54, 1.807) is 6.92 Å². The van der Waals surface area contributed by atoms with Crippen LogP contribution < -0.4 is 0 Å². The second-order valence-corrected chi connectivity index (χ2v) is 2.94. The lowest BCUT2D eigenvalue weighted by molar-refractivity contribution is 0.454. The Kier molecular flexibility index (Phi) is 1.85. The quantitative estimate of drug-likeness (QED) is 0.634. The van der Waals surface area contributed by atoms with Gasteiger partial charge >= 0.3 is 0 Å². The number of hydrogen-bond donors (Lipinski definition) is 2. The molecule has 0 atom stereocenters. The van der Waals surface area contributed by atoms with Crippen LogP contribution in [0, 0.1) is 6.92 Å². The number of aryl methyl sites for hydroxylation is 1. The summed E-state index contributed by atoms with van der Waals surface area (Å²) in [5, 5.41) is 18.1. The highest BCUT2D eigenvalue weighted by molar-refractivity contribution is 9.10. The molecule has 0 aliphatic rings. The van der Waals surface area contributed by atoms with Crippen LogP contribution in [-0.4, -0.2) is 10.2 Å². The first-order valence-corrected chi connectivity index (χ1v) is 3.58. The molecule has 1 aromatic carbocycles. The third-order valence-corrected chi connectivity index (χ3v) is 1.90. The number of rotatable bonds is 0. The monoisotopic (exact) mass is 202 g/mol. The summed E-state index contributed by atoms with van der Waals surface area (Å²) in [6, 6.07) is 2.96. The molecule has 0 saturated carbocycles. The van der Waals surface area contributed by atoms with Crippen molar-refractivity contribution < 1.29 is 10.2 Å². The van der Waals surface area contributed by atoms with Gasteiger partial charge in [-0.15, -0.1) is 0 Å². The molecule has 1 aromatic rings. The van der Waals surface area contributed by atoms with Crippen LogP contribution in [0.5, 0.6) is 11.5 Å². The van der Waals surface area contributed by atoms with E-state index in [1.807, 2.05) is 0 Å². The van der Waals surface area contributed by atoms with Crippen molar-refractivity contribution in [3.8, 4) is 11.5 Å². The van der Waals surface area contributed by atoms with Crippen molar-refractivity contribution >= 4 is 15.9 Å². The Labute approximate surface area is 67.3 Å². The van der Waals surface area contributed by atoms with E-state index in [9.17, 15) is 0 Å². The molecule has 0 unspecified atom stereocenters. The Hall–Kier alpha value is -0.700. The molecule has 54 valence electrons. The summed E-state index contributed by atoms with van der Waals surface area (Å²) >= 11 is 3.07.